The number of para-hydroxylation sites is 2. The Morgan fingerprint density at radius 1 is 1.17 bits per heavy atom. The highest BCUT2D eigenvalue weighted by atomic mass is 16.5. The van der Waals surface area contributed by atoms with E-state index in [1.165, 1.54) is 0 Å². The summed E-state index contributed by atoms with van der Waals surface area (Å²) in [5.41, 5.74) is 2.76. The van der Waals surface area contributed by atoms with E-state index < -0.39 is 6.04 Å². The second kappa shape index (κ2) is 8.14. The number of anilines is 2. The summed E-state index contributed by atoms with van der Waals surface area (Å²) in [7, 11) is 0. The van der Waals surface area contributed by atoms with Gasteiger partial charge in [-0.2, -0.15) is 4.68 Å². The van der Waals surface area contributed by atoms with Gasteiger partial charge in [0.25, 0.3) is 5.91 Å². The van der Waals surface area contributed by atoms with Crippen LogP contribution in [-0.4, -0.2) is 32.7 Å². The molecule has 148 valence electrons. The van der Waals surface area contributed by atoms with E-state index >= 15 is 0 Å². The highest BCUT2D eigenvalue weighted by Gasteiger charge is 2.35. The number of amides is 1. The van der Waals surface area contributed by atoms with E-state index in [0.717, 1.165) is 17.7 Å². The molecule has 8 nitrogen and oxygen atoms in total. The fraction of sp³-hybridized carbons (Fsp3) is 0.238. The molecule has 0 spiro atoms. The summed E-state index contributed by atoms with van der Waals surface area (Å²) >= 11 is 0. The SMILES string of the molecule is CCCOc1ccccc1[C@H]1C(C(=O)Nc2ccccc2)=C(C)Nc2nnnn21. The molecule has 1 amide bonds. The molecule has 1 aliphatic rings. The molecule has 4 rings (SSSR count). The van der Waals surface area contributed by atoms with Crippen LogP contribution in [0.4, 0.5) is 11.6 Å². The standard InChI is InChI=1S/C21H22N6O2/c1-3-13-29-17-12-8-7-11-16(17)19-18(14(2)22-21-24-25-26-27(19)21)20(28)23-15-9-5-4-6-10-15/h4-12,19H,3,13H2,1-2H3,(H,23,28)(H,22,24,26)/t19-/m0/s1. The Labute approximate surface area is 168 Å². The first kappa shape index (κ1) is 18.7. The van der Waals surface area contributed by atoms with Crippen LogP contribution in [0.15, 0.2) is 65.9 Å². The van der Waals surface area contributed by atoms with Crippen LogP contribution in [0, 0.1) is 0 Å². The molecule has 2 aromatic carbocycles. The van der Waals surface area contributed by atoms with Gasteiger partial charge in [-0.15, -0.1) is 0 Å². The third kappa shape index (κ3) is 3.69. The predicted molar refractivity (Wildman–Crippen MR) is 110 cm³/mol. The molecule has 0 aliphatic carbocycles. The summed E-state index contributed by atoms with van der Waals surface area (Å²) in [6, 6.07) is 16.5. The summed E-state index contributed by atoms with van der Waals surface area (Å²) in [5.74, 6) is 0.965. The highest BCUT2D eigenvalue weighted by Crippen LogP contribution is 2.38. The van der Waals surface area contributed by atoms with Gasteiger partial charge in [-0.25, -0.2) is 0 Å². The lowest BCUT2D eigenvalue weighted by molar-refractivity contribution is -0.113. The second-order valence-corrected chi connectivity index (χ2v) is 6.72. The first-order valence-corrected chi connectivity index (χ1v) is 9.52. The van der Waals surface area contributed by atoms with Crippen molar-refractivity contribution < 1.29 is 9.53 Å². The number of hydrogen-bond donors (Lipinski definition) is 2. The molecule has 0 saturated carbocycles. The molecule has 0 saturated heterocycles. The van der Waals surface area contributed by atoms with Gasteiger partial charge < -0.3 is 15.4 Å². The van der Waals surface area contributed by atoms with Gasteiger partial charge in [-0.05, 0) is 42.0 Å². The molecule has 29 heavy (non-hydrogen) atoms. The van der Waals surface area contributed by atoms with Gasteiger partial charge in [0.05, 0.1) is 12.2 Å². The molecule has 8 heteroatoms. The zero-order chi connectivity index (χ0) is 20.2. The van der Waals surface area contributed by atoms with Gasteiger partial charge in [0.2, 0.25) is 5.95 Å². The number of tetrazole rings is 1. The van der Waals surface area contributed by atoms with Crippen LogP contribution >= 0.6 is 0 Å². The highest BCUT2D eigenvalue weighted by molar-refractivity contribution is 6.06. The normalized spacial score (nSPS) is 15.4. The maximum absolute atomic E-state index is 13.3. The molecule has 1 aliphatic heterocycles. The number of ether oxygens (including phenoxy) is 1. The summed E-state index contributed by atoms with van der Waals surface area (Å²) in [5, 5.41) is 18.0. The van der Waals surface area contributed by atoms with Crippen LogP contribution in [0.2, 0.25) is 0 Å². The first-order chi connectivity index (χ1) is 14.2. The quantitative estimate of drug-likeness (QED) is 0.670. The van der Waals surface area contributed by atoms with E-state index in [1.807, 2.05) is 61.5 Å². The van der Waals surface area contributed by atoms with Crippen molar-refractivity contribution in [3.8, 4) is 5.75 Å². The Bertz CT molecular complexity index is 1040. The number of fused-ring (bicyclic) bond motifs is 1. The van der Waals surface area contributed by atoms with Crippen LogP contribution in [0.5, 0.6) is 5.75 Å². The van der Waals surface area contributed by atoms with Gasteiger partial charge in [0.15, 0.2) is 0 Å². The molecule has 0 radical (unpaired) electrons. The van der Waals surface area contributed by atoms with Crippen LogP contribution in [0.25, 0.3) is 0 Å². The molecule has 2 heterocycles. The maximum Gasteiger partial charge on any atom is 0.255 e. The Kier molecular flexibility index (Phi) is 5.24. The number of rotatable bonds is 6. The molecule has 1 atom stereocenters. The lowest BCUT2D eigenvalue weighted by atomic mass is 9.94. The third-order valence-corrected chi connectivity index (χ3v) is 4.67. The number of benzene rings is 2. The third-order valence-electron chi connectivity index (χ3n) is 4.67. The minimum Gasteiger partial charge on any atom is -0.493 e. The van der Waals surface area contributed by atoms with E-state index in [4.69, 9.17) is 4.74 Å². The summed E-state index contributed by atoms with van der Waals surface area (Å²) in [4.78, 5) is 13.3. The number of carbonyl (C=O) groups is 1. The molecular formula is C21H22N6O2. The van der Waals surface area contributed by atoms with Crippen molar-refractivity contribution >= 4 is 17.5 Å². The van der Waals surface area contributed by atoms with Crippen LogP contribution in [0.1, 0.15) is 31.9 Å². The number of hydrogen-bond acceptors (Lipinski definition) is 6. The van der Waals surface area contributed by atoms with Gasteiger partial charge in [0, 0.05) is 16.9 Å². The molecular weight excluding hydrogens is 368 g/mol. The average molecular weight is 390 g/mol. The van der Waals surface area contributed by atoms with Gasteiger partial charge in [0.1, 0.15) is 11.8 Å². The van der Waals surface area contributed by atoms with Crippen molar-refractivity contribution in [2.75, 3.05) is 17.2 Å². The van der Waals surface area contributed by atoms with Crippen molar-refractivity contribution in [2.24, 2.45) is 0 Å². The number of allylic oxidation sites excluding steroid dienone is 1. The monoisotopic (exact) mass is 390 g/mol. The maximum atomic E-state index is 13.3. The lowest BCUT2D eigenvalue weighted by Crippen LogP contribution is -2.31. The Balaban J connectivity index is 1.78. The summed E-state index contributed by atoms with van der Waals surface area (Å²) in [6.07, 6.45) is 0.882. The van der Waals surface area contributed by atoms with Gasteiger partial charge >= 0.3 is 0 Å². The van der Waals surface area contributed by atoms with Crippen molar-refractivity contribution in [3.05, 3.63) is 71.4 Å². The van der Waals surface area contributed by atoms with Gasteiger partial charge in [-0.3, -0.25) is 4.79 Å². The zero-order valence-electron chi connectivity index (χ0n) is 16.3. The minimum atomic E-state index is -0.516. The molecule has 1 aromatic heterocycles. The number of nitrogens with zero attached hydrogens (tertiary/aromatic N) is 4. The second-order valence-electron chi connectivity index (χ2n) is 6.72. The topological polar surface area (TPSA) is 94.0 Å². The predicted octanol–water partition coefficient (Wildman–Crippen LogP) is 3.39. The van der Waals surface area contributed by atoms with E-state index in [1.54, 1.807) is 4.68 Å². The smallest absolute Gasteiger partial charge is 0.255 e. The molecule has 0 bridgehead atoms. The first-order valence-electron chi connectivity index (χ1n) is 9.52. The van der Waals surface area contributed by atoms with Crippen LogP contribution in [-0.2, 0) is 4.79 Å². The molecule has 3 aromatic rings. The van der Waals surface area contributed by atoms with Crippen LogP contribution in [0.3, 0.4) is 0 Å². The Hall–Kier alpha value is -3.68. The fourth-order valence-electron chi connectivity index (χ4n) is 3.36. The summed E-state index contributed by atoms with van der Waals surface area (Å²) < 4.78 is 7.57. The summed E-state index contributed by atoms with van der Waals surface area (Å²) in [6.45, 7) is 4.48. The van der Waals surface area contributed by atoms with E-state index in [-0.39, 0.29) is 5.91 Å². The lowest BCUT2D eigenvalue weighted by Gasteiger charge is -2.29. The Morgan fingerprint density at radius 2 is 1.93 bits per heavy atom. The molecule has 0 fully saturated rings. The molecule has 0 unspecified atom stereocenters. The number of carbonyl (C=O) groups excluding carboxylic acids is 1. The fourth-order valence-corrected chi connectivity index (χ4v) is 3.36. The number of nitrogens with one attached hydrogen (secondary N) is 2. The van der Waals surface area contributed by atoms with E-state index in [2.05, 4.69) is 33.1 Å². The Morgan fingerprint density at radius 3 is 2.72 bits per heavy atom. The minimum absolute atomic E-state index is 0.224. The van der Waals surface area contributed by atoms with E-state index in [9.17, 15) is 4.79 Å². The van der Waals surface area contributed by atoms with Gasteiger partial charge in [-0.1, -0.05) is 48.4 Å². The largest absolute Gasteiger partial charge is 0.493 e. The van der Waals surface area contributed by atoms with Crippen molar-refractivity contribution in [1.29, 1.82) is 0 Å². The van der Waals surface area contributed by atoms with E-state index in [0.29, 0.717) is 29.6 Å². The zero-order valence-corrected chi connectivity index (χ0v) is 16.3. The van der Waals surface area contributed by atoms with Crippen molar-refractivity contribution in [1.82, 2.24) is 20.2 Å². The number of aromatic nitrogens is 4. The van der Waals surface area contributed by atoms with Crippen molar-refractivity contribution in [3.63, 3.8) is 0 Å². The molecule has 2 N–H and O–H groups in total. The van der Waals surface area contributed by atoms with Crippen molar-refractivity contribution in [2.45, 2.75) is 26.3 Å². The van der Waals surface area contributed by atoms with Crippen LogP contribution < -0.4 is 15.4 Å². The average Bonchev–Trinajstić information content (AvgIpc) is 3.20.